The van der Waals surface area contributed by atoms with E-state index >= 15 is 0 Å². The molecule has 0 radical (unpaired) electrons. The van der Waals surface area contributed by atoms with Gasteiger partial charge in [0.1, 0.15) is 17.9 Å². The Kier molecular flexibility index (Phi) is 4.46. The molecule has 0 aliphatic carbocycles. The minimum absolute atomic E-state index is 0.0251. The Balaban J connectivity index is 1.70. The number of benzene rings is 1. The van der Waals surface area contributed by atoms with E-state index in [1.807, 2.05) is 44.2 Å². The quantitative estimate of drug-likeness (QED) is 0.656. The average molecular weight is 326 g/mol. The lowest BCUT2D eigenvalue weighted by Gasteiger charge is -2.04. The van der Waals surface area contributed by atoms with Crippen molar-refractivity contribution in [1.82, 2.24) is 10.3 Å². The van der Waals surface area contributed by atoms with Gasteiger partial charge in [0.25, 0.3) is 0 Å². The molecule has 0 spiro atoms. The zero-order chi connectivity index (χ0) is 17.1. The summed E-state index contributed by atoms with van der Waals surface area (Å²) in [4.78, 5) is 12.3. The average Bonchev–Trinajstić information content (AvgIpc) is 3.20. The van der Waals surface area contributed by atoms with E-state index in [9.17, 15) is 4.79 Å². The summed E-state index contributed by atoms with van der Waals surface area (Å²) in [6, 6.07) is 11.4. The fourth-order valence-electron chi connectivity index (χ4n) is 2.36. The van der Waals surface area contributed by atoms with E-state index in [2.05, 4.69) is 10.3 Å². The van der Waals surface area contributed by atoms with E-state index in [1.54, 1.807) is 13.0 Å². The Bertz CT molecular complexity index is 834. The molecule has 3 rings (SSSR count). The molecule has 0 bridgehead atoms. The molecule has 24 heavy (non-hydrogen) atoms. The van der Waals surface area contributed by atoms with Gasteiger partial charge in [0.2, 0.25) is 0 Å². The van der Waals surface area contributed by atoms with Crippen LogP contribution in [-0.2, 0) is 11.3 Å². The van der Waals surface area contributed by atoms with Crippen LogP contribution in [0.3, 0.4) is 0 Å². The Morgan fingerprint density at radius 1 is 1.17 bits per heavy atom. The van der Waals surface area contributed by atoms with Gasteiger partial charge in [-0.2, -0.15) is 0 Å². The molecule has 3 aromatic rings. The van der Waals surface area contributed by atoms with Gasteiger partial charge in [0.05, 0.1) is 5.69 Å². The van der Waals surface area contributed by atoms with E-state index < -0.39 is 5.97 Å². The highest BCUT2D eigenvalue weighted by Crippen LogP contribution is 2.24. The summed E-state index contributed by atoms with van der Waals surface area (Å²) < 4.78 is 15.8. The predicted molar refractivity (Wildman–Crippen MR) is 86.4 cm³/mol. The van der Waals surface area contributed by atoms with Gasteiger partial charge in [-0.1, -0.05) is 54.5 Å². The molecule has 1 aromatic carbocycles. The van der Waals surface area contributed by atoms with Crippen molar-refractivity contribution in [2.75, 3.05) is 0 Å². The van der Waals surface area contributed by atoms with E-state index in [0.717, 1.165) is 5.56 Å². The molecule has 0 N–H and O–H groups in total. The van der Waals surface area contributed by atoms with Crippen LogP contribution in [0.15, 0.2) is 45.4 Å². The van der Waals surface area contributed by atoms with Crippen molar-refractivity contribution < 1.29 is 18.6 Å². The standard InChI is InChI=1S/C18H18N2O4/c1-11(2)17-16(12(3)19-24-17)18(21)22-10-14-9-15(23-20-14)13-7-5-4-6-8-13/h4-9,11H,10H2,1-3H3. The number of hydrogen-bond acceptors (Lipinski definition) is 6. The summed E-state index contributed by atoms with van der Waals surface area (Å²) in [5, 5.41) is 7.78. The molecule has 0 fully saturated rings. The first-order chi connectivity index (χ1) is 11.6. The van der Waals surface area contributed by atoms with Gasteiger partial charge in [-0.15, -0.1) is 0 Å². The molecule has 124 valence electrons. The zero-order valence-electron chi connectivity index (χ0n) is 13.8. The second-order valence-corrected chi connectivity index (χ2v) is 5.79. The van der Waals surface area contributed by atoms with E-state index in [1.165, 1.54) is 0 Å². The van der Waals surface area contributed by atoms with Crippen molar-refractivity contribution in [3.8, 4) is 11.3 Å². The van der Waals surface area contributed by atoms with Gasteiger partial charge in [-0.25, -0.2) is 4.79 Å². The third kappa shape index (κ3) is 3.22. The van der Waals surface area contributed by atoms with E-state index in [4.69, 9.17) is 13.8 Å². The summed E-state index contributed by atoms with van der Waals surface area (Å²) in [5.41, 5.74) is 2.37. The summed E-state index contributed by atoms with van der Waals surface area (Å²) in [5.74, 6) is 0.737. The largest absolute Gasteiger partial charge is 0.455 e. The maximum Gasteiger partial charge on any atom is 0.344 e. The monoisotopic (exact) mass is 326 g/mol. The van der Waals surface area contributed by atoms with Crippen molar-refractivity contribution in [3.63, 3.8) is 0 Å². The maximum atomic E-state index is 12.3. The van der Waals surface area contributed by atoms with Gasteiger partial charge < -0.3 is 13.8 Å². The second kappa shape index (κ2) is 6.70. The number of hydrogen-bond donors (Lipinski definition) is 0. The number of rotatable bonds is 5. The second-order valence-electron chi connectivity index (χ2n) is 5.79. The fourth-order valence-corrected chi connectivity index (χ4v) is 2.36. The maximum absolute atomic E-state index is 12.3. The van der Waals surface area contributed by atoms with Crippen LogP contribution in [0.1, 0.15) is 47.3 Å². The number of nitrogens with zero attached hydrogens (tertiary/aromatic N) is 2. The van der Waals surface area contributed by atoms with Gasteiger partial charge in [-0.05, 0) is 6.92 Å². The lowest BCUT2D eigenvalue weighted by molar-refractivity contribution is 0.0460. The van der Waals surface area contributed by atoms with Gasteiger partial charge >= 0.3 is 5.97 Å². The van der Waals surface area contributed by atoms with Crippen molar-refractivity contribution in [1.29, 1.82) is 0 Å². The SMILES string of the molecule is Cc1noc(C(C)C)c1C(=O)OCc1cc(-c2ccccc2)on1. The van der Waals surface area contributed by atoms with Crippen LogP contribution in [0, 0.1) is 6.92 Å². The molecule has 0 atom stereocenters. The lowest BCUT2D eigenvalue weighted by atomic mass is 10.1. The van der Waals surface area contributed by atoms with E-state index in [-0.39, 0.29) is 12.5 Å². The third-order valence-corrected chi connectivity index (χ3v) is 3.59. The first-order valence-corrected chi connectivity index (χ1v) is 7.70. The van der Waals surface area contributed by atoms with Crippen LogP contribution in [0.25, 0.3) is 11.3 Å². The lowest BCUT2D eigenvalue weighted by Crippen LogP contribution is -2.09. The molecule has 6 nitrogen and oxygen atoms in total. The molecule has 2 heterocycles. The normalized spacial score (nSPS) is 11.0. The Labute approximate surface area is 139 Å². The molecule has 0 amide bonds. The highest BCUT2D eigenvalue weighted by molar-refractivity contribution is 5.91. The number of aryl methyl sites for hydroxylation is 1. The first-order valence-electron chi connectivity index (χ1n) is 7.70. The Morgan fingerprint density at radius 3 is 2.62 bits per heavy atom. The molecular weight excluding hydrogens is 308 g/mol. The van der Waals surface area contributed by atoms with Gasteiger partial charge in [0, 0.05) is 17.5 Å². The van der Waals surface area contributed by atoms with Crippen LogP contribution in [0.4, 0.5) is 0 Å². The summed E-state index contributed by atoms with van der Waals surface area (Å²) >= 11 is 0. The molecule has 0 saturated heterocycles. The van der Waals surface area contributed by atoms with Gasteiger partial charge in [-0.3, -0.25) is 0 Å². The molecule has 0 unspecified atom stereocenters. The van der Waals surface area contributed by atoms with Crippen LogP contribution in [0.2, 0.25) is 0 Å². The van der Waals surface area contributed by atoms with Crippen molar-refractivity contribution in [2.45, 2.75) is 33.3 Å². The van der Waals surface area contributed by atoms with E-state index in [0.29, 0.717) is 28.5 Å². The van der Waals surface area contributed by atoms with Crippen LogP contribution in [-0.4, -0.2) is 16.3 Å². The van der Waals surface area contributed by atoms with Crippen molar-refractivity contribution in [3.05, 3.63) is 59.1 Å². The highest BCUT2D eigenvalue weighted by atomic mass is 16.5. The number of carbonyl (C=O) groups is 1. The van der Waals surface area contributed by atoms with Crippen LogP contribution < -0.4 is 0 Å². The fraction of sp³-hybridized carbons (Fsp3) is 0.278. The number of aromatic nitrogens is 2. The van der Waals surface area contributed by atoms with Gasteiger partial charge in [0.15, 0.2) is 11.5 Å². The summed E-state index contributed by atoms with van der Waals surface area (Å²) in [6.45, 7) is 5.61. The summed E-state index contributed by atoms with van der Waals surface area (Å²) in [7, 11) is 0. The van der Waals surface area contributed by atoms with Crippen molar-refractivity contribution >= 4 is 5.97 Å². The predicted octanol–water partition coefficient (Wildman–Crippen LogP) is 4.12. The number of carbonyl (C=O) groups excluding carboxylic acids is 1. The van der Waals surface area contributed by atoms with Crippen LogP contribution in [0.5, 0.6) is 0 Å². The minimum atomic E-state index is -0.471. The molecule has 0 saturated carbocycles. The molecular formula is C18H18N2O4. The molecule has 6 heteroatoms. The zero-order valence-corrected chi connectivity index (χ0v) is 13.8. The third-order valence-electron chi connectivity index (χ3n) is 3.59. The highest BCUT2D eigenvalue weighted by Gasteiger charge is 2.24. The molecule has 2 aromatic heterocycles. The van der Waals surface area contributed by atoms with Crippen molar-refractivity contribution in [2.24, 2.45) is 0 Å². The Hall–Kier alpha value is -2.89. The smallest absolute Gasteiger partial charge is 0.344 e. The Morgan fingerprint density at radius 2 is 1.92 bits per heavy atom. The molecule has 0 aliphatic rings. The van der Waals surface area contributed by atoms with Crippen LogP contribution >= 0.6 is 0 Å². The molecule has 0 aliphatic heterocycles. The topological polar surface area (TPSA) is 78.4 Å². The number of ether oxygens (including phenoxy) is 1. The first kappa shape index (κ1) is 16.0. The summed E-state index contributed by atoms with van der Waals surface area (Å²) in [6.07, 6.45) is 0. The minimum Gasteiger partial charge on any atom is -0.455 e. The number of esters is 1.